The number of carbonyl (C=O) groups is 1. The summed E-state index contributed by atoms with van der Waals surface area (Å²) >= 11 is 6.33. The number of aromatic nitrogens is 4. The van der Waals surface area contributed by atoms with Gasteiger partial charge in [-0.15, -0.1) is 5.10 Å². The van der Waals surface area contributed by atoms with Gasteiger partial charge in [0.1, 0.15) is 11.0 Å². The van der Waals surface area contributed by atoms with Gasteiger partial charge >= 0.3 is 0 Å². The van der Waals surface area contributed by atoms with Crippen molar-refractivity contribution in [3.63, 3.8) is 0 Å². The maximum Gasteiger partial charge on any atom is 0.281 e. The molecule has 1 saturated carbocycles. The van der Waals surface area contributed by atoms with E-state index in [0.717, 1.165) is 32.2 Å². The minimum Gasteiger partial charge on any atom is -0.477 e. The molecule has 3 aromatic heterocycles. The van der Waals surface area contributed by atoms with E-state index in [-0.39, 0.29) is 21.3 Å². The molecule has 1 saturated heterocycles. The predicted molar refractivity (Wildman–Crippen MR) is 174 cm³/mol. The van der Waals surface area contributed by atoms with Crippen LogP contribution in [0.3, 0.4) is 0 Å². The highest BCUT2D eigenvalue weighted by atomic mass is 35.5. The summed E-state index contributed by atoms with van der Waals surface area (Å²) < 4.78 is 35.5. The van der Waals surface area contributed by atoms with E-state index < -0.39 is 15.9 Å². The fourth-order valence-corrected chi connectivity index (χ4v) is 7.38. The van der Waals surface area contributed by atoms with Crippen LogP contribution in [0.2, 0.25) is 5.15 Å². The molecule has 13 heteroatoms. The van der Waals surface area contributed by atoms with Crippen LogP contribution >= 0.6 is 11.6 Å². The molecule has 0 spiro atoms. The third kappa shape index (κ3) is 9.40. The number of carbonyl (C=O) groups excluding carboxylic acids is 1. The van der Waals surface area contributed by atoms with Gasteiger partial charge in [-0.2, -0.15) is 8.42 Å². The van der Waals surface area contributed by atoms with Gasteiger partial charge in [-0.3, -0.25) is 4.79 Å². The van der Waals surface area contributed by atoms with Crippen molar-refractivity contribution in [1.29, 1.82) is 0 Å². The van der Waals surface area contributed by atoms with Crippen LogP contribution < -0.4 is 20.1 Å². The first-order chi connectivity index (χ1) is 21.6. The smallest absolute Gasteiger partial charge is 0.281 e. The molecule has 45 heavy (non-hydrogen) atoms. The number of nitrogens with zero attached hydrogens (tertiary/aromatic N) is 4. The Kier molecular flexibility index (Phi) is 11.0. The molecule has 0 aromatic carbocycles. The van der Waals surface area contributed by atoms with Crippen LogP contribution in [0.25, 0.3) is 5.82 Å². The number of sulfonamides is 1. The highest BCUT2D eigenvalue weighted by Gasteiger charge is 2.29. The second-order valence-electron chi connectivity index (χ2n) is 12.8. The van der Waals surface area contributed by atoms with Gasteiger partial charge in [0.05, 0.1) is 12.2 Å². The molecule has 11 nitrogen and oxygen atoms in total. The molecule has 4 heterocycles. The van der Waals surface area contributed by atoms with E-state index in [1.807, 2.05) is 0 Å². The van der Waals surface area contributed by atoms with Crippen LogP contribution in [0, 0.1) is 11.8 Å². The number of hydrogen-bond donors (Lipinski definition) is 3. The summed E-state index contributed by atoms with van der Waals surface area (Å²) in [4.78, 5) is 21.4. The summed E-state index contributed by atoms with van der Waals surface area (Å²) in [7, 11) is -4.26. The van der Waals surface area contributed by atoms with Crippen molar-refractivity contribution in [2.45, 2.75) is 88.6 Å². The van der Waals surface area contributed by atoms with Gasteiger partial charge in [-0.25, -0.2) is 19.4 Å². The Morgan fingerprint density at radius 2 is 1.87 bits per heavy atom. The largest absolute Gasteiger partial charge is 0.477 e. The summed E-state index contributed by atoms with van der Waals surface area (Å²) in [5, 5.41) is 10.7. The van der Waals surface area contributed by atoms with E-state index in [1.165, 1.54) is 55.3 Å². The molecule has 1 atom stereocenters. The van der Waals surface area contributed by atoms with Crippen LogP contribution in [0.15, 0.2) is 47.6 Å². The number of pyridine rings is 2. The van der Waals surface area contributed by atoms with Gasteiger partial charge in [0, 0.05) is 24.3 Å². The highest BCUT2D eigenvalue weighted by Crippen LogP contribution is 2.27. The molecule has 2 aliphatic rings. The Balaban J connectivity index is 1.12. The predicted octanol–water partition coefficient (Wildman–Crippen LogP) is 5.75. The number of nitrogens with one attached hydrogen (secondary N) is 3. The number of amides is 1. The SMILES string of the molecule is CC1(C)C[C@@H](CCCNc2cccc(S(=O)(=O)NC(=O)c3ccc(-n4ccc(OCCC5CCCCCC5)n4)nc3Cl)n2)CN1. The first-order valence-corrected chi connectivity index (χ1v) is 17.8. The monoisotopic (exact) mass is 657 g/mol. The van der Waals surface area contributed by atoms with E-state index in [2.05, 4.69) is 44.3 Å². The Morgan fingerprint density at radius 3 is 2.60 bits per heavy atom. The normalized spacial score (nSPS) is 18.8. The number of ether oxygens (including phenoxy) is 1. The molecule has 0 bridgehead atoms. The van der Waals surface area contributed by atoms with Gasteiger partial charge < -0.3 is 15.4 Å². The molecule has 244 valence electrons. The Bertz CT molecular complexity index is 1550. The molecule has 5 rings (SSSR count). The van der Waals surface area contributed by atoms with Crippen molar-refractivity contribution in [3.05, 3.63) is 53.3 Å². The fourth-order valence-electron chi connectivity index (χ4n) is 6.21. The average molecular weight is 658 g/mol. The van der Waals surface area contributed by atoms with Crippen LogP contribution in [-0.2, 0) is 10.0 Å². The first kappa shape index (κ1) is 33.2. The third-order valence-corrected chi connectivity index (χ3v) is 10.1. The van der Waals surface area contributed by atoms with Crippen LogP contribution in [-0.4, -0.2) is 59.3 Å². The van der Waals surface area contributed by atoms with Crippen molar-refractivity contribution < 1.29 is 17.9 Å². The summed E-state index contributed by atoms with van der Waals surface area (Å²) in [5.41, 5.74) is 0.0937. The fraction of sp³-hybridized carbons (Fsp3) is 0.562. The Hall–Kier alpha value is -3.22. The molecule has 3 aromatic rings. The molecule has 3 N–H and O–H groups in total. The van der Waals surface area contributed by atoms with E-state index in [4.69, 9.17) is 16.3 Å². The van der Waals surface area contributed by atoms with Gasteiger partial charge in [-0.1, -0.05) is 56.2 Å². The van der Waals surface area contributed by atoms with Gasteiger partial charge in [0.15, 0.2) is 10.8 Å². The zero-order valence-electron chi connectivity index (χ0n) is 26.1. The van der Waals surface area contributed by atoms with E-state index in [9.17, 15) is 13.2 Å². The molecule has 0 unspecified atom stereocenters. The lowest BCUT2D eigenvalue weighted by Crippen LogP contribution is -2.31. The first-order valence-electron chi connectivity index (χ1n) is 16.0. The van der Waals surface area contributed by atoms with Crippen molar-refractivity contribution in [2.24, 2.45) is 11.8 Å². The molecule has 1 amide bonds. The van der Waals surface area contributed by atoms with Gasteiger partial charge in [0.25, 0.3) is 15.9 Å². The summed E-state index contributed by atoms with van der Waals surface area (Å²) in [6.45, 7) is 6.71. The maximum atomic E-state index is 13.0. The molecule has 0 radical (unpaired) electrons. The Morgan fingerprint density at radius 1 is 1.07 bits per heavy atom. The van der Waals surface area contributed by atoms with E-state index in [0.29, 0.717) is 42.5 Å². The number of halogens is 1. The second-order valence-corrected chi connectivity index (χ2v) is 14.8. The number of rotatable bonds is 13. The quantitative estimate of drug-likeness (QED) is 0.119. The highest BCUT2D eigenvalue weighted by molar-refractivity contribution is 7.90. The van der Waals surface area contributed by atoms with Crippen molar-refractivity contribution in [3.8, 4) is 11.7 Å². The lowest BCUT2D eigenvalue weighted by atomic mass is 9.94. The summed E-state index contributed by atoms with van der Waals surface area (Å²) in [6, 6.07) is 9.32. The topological polar surface area (TPSA) is 140 Å². The molecule has 1 aliphatic heterocycles. The number of anilines is 1. The van der Waals surface area contributed by atoms with Gasteiger partial charge in [0.2, 0.25) is 5.88 Å². The molecular weight excluding hydrogens is 614 g/mol. The van der Waals surface area contributed by atoms with Crippen LogP contribution in [0.4, 0.5) is 5.82 Å². The summed E-state index contributed by atoms with van der Waals surface area (Å²) in [6.07, 6.45) is 13.6. The number of hydrogen-bond acceptors (Lipinski definition) is 9. The van der Waals surface area contributed by atoms with Crippen molar-refractivity contribution >= 4 is 33.3 Å². The lowest BCUT2D eigenvalue weighted by molar-refractivity contribution is 0.0981. The second kappa shape index (κ2) is 14.9. The third-order valence-electron chi connectivity index (χ3n) is 8.62. The molecule has 2 fully saturated rings. The maximum absolute atomic E-state index is 13.0. The summed E-state index contributed by atoms with van der Waals surface area (Å²) in [5.74, 6) is 1.70. The van der Waals surface area contributed by atoms with Crippen molar-refractivity contribution in [1.82, 2.24) is 29.8 Å². The van der Waals surface area contributed by atoms with E-state index >= 15 is 0 Å². The zero-order valence-corrected chi connectivity index (χ0v) is 27.7. The van der Waals surface area contributed by atoms with Crippen LogP contribution in [0.5, 0.6) is 5.88 Å². The van der Waals surface area contributed by atoms with Gasteiger partial charge in [-0.05, 0) is 82.2 Å². The molecule has 1 aliphatic carbocycles. The molecular formula is C32H44ClN7O4S. The van der Waals surface area contributed by atoms with Crippen LogP contribution in [0.1, 0.15) is 88.4 Å². The minimum absolute atomic E-state index is 0.0881. The van der Waals surface area contributed by atoms with E-state index in [1.54, 1.807) is 30.5 Å². The van der Waals surface area contributed by atoms with Crippen molar-refractivity contribution in [2.75, 3.05) is 25.0 Å². The Labute approximate surface area is 271 Å². The lowest BCUT2D eigenvalue weighted by Gasteiger charge is -2.17. The average Bonchev–Trinajstić information content (AvgIpc) is 3.52. The zero-order chi connectivity index (χ0) is 31.9. The minimum atomic E-state index is -4.26. The standard InChI is InChI=1S/C32H44ClN7O4S/c1-32(2)21-24(22-35-32)11-8-18-34-26-12-7-13-29(36-26)45(42,43)39-31(41)25-14-15-27(37-30(25)33)40-19-16-28(38-40)44-20-17-23-9-5-3-4-6-10-23/h7,12-16,19,23-24,35H,3-6,8-11,17-18,20-22H2,1-2H3,(H,34,36)(H,39,41)/t24-/m1/s1.